The Morgan fingerprint density at radius 1 is 1.03 bits per heavy atom. The number of nitrogens with one attached hydrogen (secondary N) is 2. The van der Waals surface area contributed by atoms with Crippen molar-refractivity contribution in [2.24, 2.45) is 0 Å². The first-order valence-corrected chi connectivity index (χ1v) is 11.0. The van der Waals surface area contributed by atoms with Gasteiger partial charge in [0.05, 0.1) is 23.8 Å². The minimum absolute atomic E-state index is 0.130. The van der Waals surface area contributed by atoms with Crippen molar-refractivity contribution in [1.29, 1.82) is 0 Å². The van der Waals surface area contributed by atoms with Crippen LogP contribution in [-0.2, 0) is 10.0 Å². The summed E-state index contributed by atoms with van der Waals surface area (Å²) in [6.07, 6.45) is 2.56. The van der Waals surface area contributed by atoms with E-state index in [-0.39, 0.29) is 11.4 Å². The van der Waals surface area contributed by atoms with Crippen molar-refractivity contribution in [1.82, 2.24) is 24.7 Å². The minimum Gasteiger partial charge on any atom is -0.490 e. The second kappa shape index (κ2) is 8.67. The van der Waals surface area contributed by atoms with E-state index in [1.54, 1.807) is 29.1 Å². The maximum absolute atomic E-state index is 12.5. The first-order valence-electron chi connectivity index (χ1n) is 9.51. The summed E-state index contributed by atoms with van der Waals surface area (Å²) in [5, 5.41) is 15.5. The molecule has 0 atom stereocenters. The zero-order chi connectivity index (χ0) is 21.0. The van der Waals surface area contributed by atoms with Crippen LogP contribution >= 0.6 is 0 Å². The summed E-state index contributed by atoms with van der Waals surface area (Å²) in [7, 11) is -3.67. The highest BCUT2D eigenvalue weighted by Crippen LogP contribution is 2.31. The van der Waals surface area contributed by atoms with E-state index in [4.69, 9.17) is 9.47 Å². The standard InChI is InChI=1S/C19H22N6O4S/c1-14-7-10-25(24-14)19-6-5-18(22-23-19)20-8-9-21-30(26,27)15-3-4-16-17(13-15)29-12-2-11-28-16/h3-7,10,13,21H,2,8-9,11-12H2,1H3,(H,20,22). The van der Waals surface area contributed by atoms with Crippen molar-refractivity contribution in [2.75, 3.05) is 31.6 Å². The highest BCUT2D eigenvalue weighted by Gasteiger charge is 2.18. The average Bonchev–Trinajstić information content (AvgIpc) is 3.04. The molecule has 1 aliphatic rings. The first-order chi connectivity index (χ1) is 14.5. The third-order valence-electron chi connectivity index (χ3n) is 4.36. The normalized spacial score (nSPS) is 13.6. The van der Waals surface area contributed by atoms with Gasteiger partial charge in [-0.15, -0.1) is 10.2 Å². The lowest BCUT2D eigenvalue weighted by molar-refractivity contribution is 0.297. The Bertz CT molecular complexity index is 1110. The number of fused-ring (bicyclic) bond motifs is 1. The highest BCUT2D eigenvalue weighted by atomic mass is 32.2. The number of nitrogens with zero attached hydrogens (tertiary/aromatic N) is 4. The van der Waals surface area contributed by atoms with Crippen LogP contribution in [0, 0.1) is 6.92 Å². The number of aromatic nitrogens is 4. The number of sulfonamides is 1. The van der Waals surface area contributed by atoms with Gasteiger partial charge in [0, 0.05) is 31.8 Å². The molecule has 3 aromatic rings. The predicted molar refractivity (Wildman–Crippen MR) is 110 cm³/mol. The minimum atomic E-state index is -3.67. The molecule has 2 N–H and O–H groups in total. The predicted octanol–water partition coefficient (Wildman–Crippen LogP) is 1.52. The molecule has 0 saturated heterocycles. The SMILES string of the molecule is Cc1ccn(-c2ccc(NCCNS(=O)(=O)c3ccc4c(c3)OCCCO4)nn2)n1. The van der Waals surface area contributed by atoms with Gasteiger partial charge in [0.1, 0.15) is 5.82 Å². The Kier molecular flexibility index (Phi) is 5.81. The quantitative estimate of drug-likeness (QED) is 0.542. The van der Waals surface area contributed by atoms with Gasteiger partial charge in [0.15, 0.2) is 17.3 Å². The smallest absolute Gasteiger partial charge is 0.240 e. The molecular formula is C19H22N6O4S. The Balaban J connectivity index is 1.31. The largest absolute Gasteiger partial charge is 0.490 e. The van der Waals surface area contributed by atoms with Gasteiger partial charge in [0.2, 0.25) is 10.0 Å². The van der Waals surface area contributed by atoms with Crippen LogP contribution in [0.5, 0.6) is 11.5 Å². The van der Waals surface area contributed by atoms with E-state index in [1.807, 2.05) is 13.0 Å². The van der Waals surface area contributed by atoms with Crippen LogP contribution in [0.1, 0.15) is 12.1 Å². The van der Waals surface area contributed by atoms with E-state index < -0.39 is 10.0 Å². The highest BCUT2D eigenvalue weighted by molar-refractivity contribution is 7.89. The van der Waals surface area contributed by atoms with Crippen molar-refractivity contribution >= 4 is 15.8 Å². The van der Waals surface area contributed by atoms with Crippen LogP contribution in [0.2, 0.25) is 0 Å². The number of benzene rings is 1. The van der Waals surface area contributed by atoms with Crippen LogP contribution in [0.3, 0.4) is 0 Å². The maximum Gasteiger partial charge on any atom is 0.240 e. The van der Waals surface area contributed by atoms with Crippen LogP contribution in [0.25, 0.3) is 5.82 Å². The summed E-state index contributed by atoms with van der Waals surface area (Å²) in [6.45, 7) is 3.46. The lowest BCUT2D eigenvalue weighted by Gasteiger charge is -2.11. The molecule has 10 nitrogen and oxygen atoms in total. The van der Waals surface area contributed by atoms with E-state index in [2.05, 4.69) is 25.3 Å². The van der Waals surface area contributed by atoms with E-state index in [0.717, 1.165) is 12.1 Å². The molecule has 1 aromatic carbocycles. The second-order valence-electron chi connectivity index (χ2n) is 6.66. The molecule has 0 aliphatic carbocycles. The topological polar surface area (TPSA) is 120 Å². The fourth-order valence-corrected chi connectivity index (χ4v) is 3.90. The third kappa shape index (κ3) is 4.69. The number of rotatable bonds is 7. The number of aryl methyl sites for hydroxylation is 1. The molecule has 11 heteroatoms. The zero-order valence-electron chi connectivity index (χ0n) is 16.4. The molecule has 1 aliphatic heterocycles. The van der Waals surface area contributed by atoms with Crippen LogP contribution in [-0.4, -0.2) is 54.7 Å². The Morgan fingerprint density at radius 2 is 1.87 bits per heavy atom. The monoisotopic (exact) mass is 430 g/mol. The number of anilines is 1. The lowest BCUT2D eigenvalue weighted by Crippen LogP contribution is -2.29. The molecule has 0 spiro atoms. The molecule has 2 aromatic heterocycles. The van der Waals surface area contributed by atoms with E-state index in [1.165, 1.54) is 12.1 Å². The molecule has 0 bridgehead atoms. The van der Waals surface area contributed by atoms with Crippen LogP contribution in [0.15, 0.2) is 47.5 Å². The second-order valence-corrected chi connectivity index (χ2v) is 8.43. The molecule has 0 unspecified atom stereocenters. The van der Waals surface area contributed by atoms with Gasteiger partial charge in [-0.2, -0.15) is 5.10 Å². The first kappa shape index (κ1) is 20.1. The fraction of sp³-hybridized carbons (Fsp3) is 0.316. The lowest BCUT2D eigenvalue weighted by atomic mass is 10.3. The van der Waals surface area contributed by atoms with Crippen LogP contribution < -0.4 is 19.5 Å². The van der Waals surface area contributed by atoms with Gasteiger partial charge < -0.3 is 14.8 Å². The van der Waals surface area contributed by atoms with Gasteiger partial charge in [0.25, 0.3) is 0 Å². The van der Waals surface area contributed by atoms with Crippen LogP contribution in [0.4, 0.5) is 5.82 Å². The number of ether oxygens (including phenoxy) is 2. The summed E-state index contributed by atoms with van der Waals surface area (Å²) in [4.78, 5) is 0.130. The van der Waals surface area contributed by atoms with Gasteiger partial charge in [-0.05, 0) is 37.3 Å². The van der Waals surface area contributed by atoms with Crippen molar-refractivity contribution in [3.05, 3.63) is 48.3 Å². The molecule has 30 heavy (non-hydrogen) atoms. The summed E-state index contributed by atoms with van der Waals surface area (Å²) in [6, 6.07) is 10.0. The Hall–Kier alpha value is -3.18. The number of hydrogen-bond donors (Lipinski definition) is 2. The molecule has 4 rings (SSSR count). The molecule has 0 radical (unpaired) electrons. The van der Waals surface area contributed by atoms with E-state index in [9.17, 15) is 8.42 Å². The molecular weight excluding hydrogens is 408 g/mol. The zero-order valence-corrected chi connectivity index (χ0v) is 17.2. The van der Waals surface area contributed by atoms with E-state index >= 15 is 0 Å². The maximum atomic E-state index is 12.5. The molecule has 0 fully saturated rings. The Labute approximate surface area is 174 Å². The van der Waals surface area contributed by atoms with Gasteiger partial charge in [-0.25, -0.2) is 17.8 Å². The molecule has 3 heterocycles. The van der Waals surface area contributed by atoms with Crippen molar-refractivity contribution in [2.45, 2.75) is 18.2 Å². The average molecular weight is 430 g/mol. The Morgan fingerprint density at radius 3 is 2.60 bits per heavy atom. The summed E-state index contributed by atoms with van der Waals surface area (Å²) >= 11 is 0. The van der Waals surface area contributed by atoms with E-state index in [0.29, 0.717) is 42.9 Å². The molecule has 0 saturated carbocycles. The number of hydrogen-bond acceptors (Lipinski definition) is 8. The van der Waals surface area contributed by atoms with Gasteiger partial charge in [-0.3, -0.25) is 0 Å². The van der Waals surface area contributed by atoms with Gasteiger partial charge in [-0.1, -0.05) is 0 Å². The van der Waals surface area contributed by atoms with Gasteiger partial charge >= 0.3 is 0 Å². The summed E-state index contributed by atoms with van der Waals surface area (Å²) in [5.74, 6) is 2.14. The third-order valence-corrected chi connectivity index (χ3v) is 5.82. The fourth-order valence-electron chi connectivity index (χ4n) is 2.85. The van der Waals surface area contributed by atoms with Crippen molar-refractivity contribution in [3.63, 3.8) is 0 Å². The summed E-state index contributed by atoms with van der Waals surface area (Å²) < 4.78 is 40.4. The molecule has 158 valence electrons. The molecule has 0 amide bonds. The van der Waals surface area contributed by atoms with Crippen molar-refractivity contribution < 1.29 is 17.9 Å². The summed E-state index contributed by atoms with van der Waals surface area (Å²) in [5.41, 5.74) is 0.889. The van der Waals surface area contributed by atoms with Crippen molar-refractivity contribution in [3.8, 4) is 17.3 Å².